The molecule has 0 saturated heterocycles. The molecule has 1 unspecified atom stereocenters. The van der Waals surface area contributed by atoms with Crippen molar-refractivity contribution in [3.63, 3.8) is 0 Å². The number of halogens is 3. The summed E-state index contributed by atoms with van der Waals surface area (Å²) < 4.78 is 5.55. The Morgan fingerprint density at radius 2 is 1.94 bits per heavy atom. The zero-order valence-electron chi connectivity index (χ0n) is 8.95. The van der Waals surface area contributed by atoms with Crippen LogP contribution in [0.5, 0.6) is 0 Å². The van der Waals surface area contributed by atoms with Gasteiger partial charge < -0.3 is 4.42 Å². The van der Waals surface area contributed by atoms with Crippen LogP contribution in [-0.2, 0) is 0 Å². The van der Waals surface area contributed by atoms with Crippen LogP contribution in [0, 0.1) is 0 Å². The van der Waals surface area contributed by atoms with Gasteiger partial charge in [-0.2, -0.15) is 0 Å². The molecule has 90 valence electrons. The van der Waals surface area contributed by atoms with E-state index in [0.717, 1.165) is 6.42 Å². The normalized spacial score (nSPS) is 12.7. The molecule has 17 heavy (non-hydrogen) atoms. The van der Waals surface area contributed by atoms with Crippen LogP contribution >= 0.6 is 39.1 Å². The average molecular weight is 336 g/mol. The molecule has 1 heterocycles. The molecule has 1 atom stereocenters. The van der Waals surface area contributed by atoms with E-state index in [-0.39, 0.29) is 4.83 Å². The summed E-state index contributed by atoms with van der Waals surface area (Å²) in [4.78, 5) is 0.0463. The molecule has 0 spiro atoms. The van der Waals surface area contributed by atoms with Crippen LogP contribution in [0.1, 0.15) is 24.1 Å². The minimum absolute atomic E-state index is 0.0463. The molecule has 0 aliphatic rings. The summed E-state index contributed by atoms with van der Waals surface area (Å²) >= 11 is 15.6. The average Bonchev–Trinajstić information content (AvgIpc) is 2.77. The fraction of sp³-hybridized carbons (Fsp3) is 0.273. The smallest absolute Gasteiger partial charge is 0.250 e. The maximum Gasteiger partial charge on any atom is 0.250 e. The second-order valence-electron chi connectivity index (χ2n) is 3.42. The first-order valence-corrected chi connectivity index (χ1v) is 6.72. The van der Waals surface area contributed by atoms with Crippen LogP contribution < -0.4 is 0 Å². The highest BCUT2D eigenvalue weighted by Crippen LogP contribution is 2.35. The van der Waals surface area contributed by atoms with Crippen LogP contribution in [0.3, 0.4) is 0 Å². The maximum absolute atomic E-state index is 6.06. The lowest BCUT2D eigenvalue weighted by Crippen LogP contribution is -1.86. The zero-order valence-corrected chi connectivity index (χ0v) is 12.1. The summed E-state index contributed by atoms with van der Waals surface area (Å²) in [7, 11) is 0. The van der Waals surface area contributed by atoms with Gasteiger partial charge in [-0.05, 0) is 18.6 Å². The predicted molar refractivity (Wildman–Crippen MR) is 71.7 cm³/mol. The molecule has 0 aliphatic heterocycles. The van der Waals surface area contributed by atoms with Gasteiger partial charge in [-0.1, -0.05) is 52.1 Å². The minimum atomic E-state index is 0.0463. The summed E-state index contributed by atoms with van der Waals surface area (Å²) in [6.45, 7) is 2.02. The van der Waals surface area contributed by atoms with Crippen LogP contribution in [0.4, 0.5) is 0 Å². The van der Waals surface area contributed by atoms with Gasteiger partial charge >= 0.3 is 0 Å². The molecule has 0 N–H and O–H groups in total. The van der Waals surface area contributed by atoms with E-state index in [4.69, 9.17) is 27.6 Å². The Bertz CT molecular complexity index is 510. The van der Waals surface area contributed by atoms with Gasteiger partial charge in [0, 0.05) is 0 Å². The maximum atomic E-state index is 6.06. The van der Waals surface area contributed by atoms with E-state index in [1.807, 2.05) is 6.92 Å². The monoisotopic (exact) mass is 334 g/mol. The van der Waals surface area contributed by atoms with Gasteiger partial charge in [0.25, 0.3) is 5.89 Å². The molecule has 1 aromatic carbocycles. The van der Waals surface area contributed by atoms with Gasteiger partial charge in [0.05, 0.1) is 20.4 Å². The molecule has 0 saturated carbocycles. The highest BCUT2D eigenvalue weighted by molar-refractivity contribution is 9.09. The van der Waals surface area contributed by atoms with Crippen molar-refractivity contribution in [3.8, 4) is 11.5 Å². The summed E-state index contributed by atoms with van der Waals surface area (Å²) in [6.07, 6.45) is 0.859. The lowest BCUT2D eigenvalue weighted by atomic mass is 10.2. The third-order valence-electron chi connectivity index (χ3n) is 2.24. The molecule has 3 nitrogen and oxygen atoms in total. The van der Waals surface area contributed by atoms with Crippen molar-refractivity contribution < 1.29 is 4.42 Å². The van der Waals surface area contributed by atoms with E-state index in [9.17, 15) is 0 Å². The Morgan fingerprint density at radius 3 is 2.53 bits per heavy atom. The van der Waals surface area contributed by atoms with Gasteiger partial charge in [0.1, 0.15) is 0 Å². The molecule has 6 heteroatoms. The van der Waals surface area contributed by atoms with Crippen LogP contribution in [-0.4, -0.2) is 10.2 Å². The second kappa shape index (κ2) is 5.38. The molecule has 2 aromatic rings. The summed E-state index contributed by atoms with van der Waals surface area (Å²) in [6, 6.07) is 5.24. The quantitative estimate of drug-likeness (QED) is 0.749. The number of alkyl halides is 1. The standard InChI is InChI=1S/C11H9BrCl2N2O/c1-2-6(12)10-15-16-11(17-10)9-7(13)4-3-5-8(9)14/h3-6H,2H2,1H3. The van der Waals surface area contributed by atoms with Crippen molar-refractivity contribution in [1.82, 2.24) is 10.2 Å². The molecule has 0 fully saturated rings. The van der Waals surface area contributed by atoms with Crippen molar-refractivity contribution in [2.75, 3.05) is 0 Å². The number of nitrogens with zero attached hydrogens (tertiary/aromatic N) is 2. The number of aromatic nitrogens is 2. The number of hydrogen-bond acceptors (Lipinski definition) is 3. The molecule has 0 bridgehead atoms. The van der Waals surface area contributed by atoms with Gasteiger partial charge in [-0.3, -0.25) is 0 Å². The van der Waals surface area contributed by atoms with Crippen LogP contribution in [0.15, 0.2) is 22.6 Å². The van der Waals surface area contributed by atoms with Gasteiger partial charge in [-0.15, -0.1) is 10.2 Å². The number of hydrogen-bond donors (Lipinski definition) is 0. The number of rotatable bonds is 3. The Labute approximate surface area is 117 Å². The molecule has 0 amide bonds. The highest BCUT2D eigenvalue weighted by atomic mass is 79.9. The van der Waals surface area contributed by atoms with Crippen molar-refractivity contribution >= 4 is 39.1 Å². The van der Waals surface area contributed by atoms with Gasteiger partial charge in [-0.25, -0.2) is 0 Å². The highest BCUT2D eigenvalue weighted by Gasteiger charge is 2.18. The minimum Gasteiger partial charge on any atom is -0.419 e. The SMILES string of the molecule is CCC(Br)c1nnc(-c2c(Cl)cccc2Cl)o1. The number of benzene rings is 1. The Morgan fingerprint density at radius 1 is 1.29 bits per heavy atom. The van der Waals surface area contributed by atoms with E-state index >= 15 is 0 Å². The predicted octanol–water partition coefficient (Wildman–Crippen LogP) is 4.89. The van der Waals surface area contributed by atoms with E-state index in [2.05, 4.69) is 26.1 Å². The summed E-state index contributed by atoms with van der Waals surface area (Å²) in [5.41, 5.74) is 0.574. The Kier molecular flexibility index (Phi) is 4.07. The van der Waals surface area contributed by atoms with E-state index in [1.165, 1.54) is 0 Å². The molecule has 1 aromatic heterocycles. The largest absolute Gasteiger partial charge is 0.419 e. The molecular weight excluding hydrogens is 327 g/mol. The van der Waals surface area contributed by atoms with Gasteiger partial charge in [0.15, 0.2) is 0 Å². The van der Waals surface area contributed by atoms with E-state index in [1.54, 1.807) is 18.2 Å². The first kappa shape index (κ1) is 12.9. The molecule has 2 rings (SSSR count). The first-order chi connectivity index (χ1) is 8.13. The van der Waals surface area contributed by atoms with Crippen LogP contribution in [0.2, 0.25) is 10.0 Å². The molecular formula is C11H9BrCl2N2O. The van der Waals surface area contributed by atoms with Crippen molar-refractivity contribution in [3.05, 3.63) is 34.1 Å². The fourth-order valence-electron chi connectivity index (χ4n) is 1.34. The molecule has 0 radical (unpaired) electrons. The van der Waals surface area contributed by atoms with Crippen LogP contribution in [0.25, 0.3) is 11.5 Å². The van der Waals surface area contributed by atoms with E-state index < -0.39 is 0 Å². The summed E-state index contributed by atoms with van der Waals surface area (Å²) in [5, 5.41) is 8.92. The topological polar surface area (TPSA) is 38.9 Å². The third kappa shape index (κ3) is 2.64. The van der Waals surface area contributed by atoms with Crippen molar-refractivity contribution in [2.45, 2.75) is 18.2 Å². The van der Waals surface area contributed by atoms with Crippen molar-refractivity contribution in [1.29, 1.82) is 0 Å². The second-order valence-corrected chi connectivity index (χ2v) is 5.34. The Hall–Kier alpha value is -0.580. The van der Waals surface area contributed by atoms with E-state index in [0.29, 0.717) is 27.4 Å². The fourth-order valence-corrected chi connectivity index (χ4v) is 2.08. The lowest BCUT2D eigenvalue weighted by molar-refractivity contribution is 0.500. The first-order valence-electron chi connectivity index (χ1n) is 5.05. The van der Waals surface area contributed by atoms with Gasteiger partial charge in [0.2, 0.25) is 5.89 Å². The van der Waals surface area contributed by atoms with Crippen molar-refractivity contribution in [2.24, 2.45) is 0 Å². The zero-order chi connectivity index (χ0) is 12.4. The third-order valence-corrected chi connectivity index (χ3v) is 3.91. The lowest BCUT2D eigenvalue weighted by Gasteiger charge is -2.01. The summed E-state index contributed by atoms with van der Waals surface area (Å²) in [5.74, 6) is 0.868. The Balaban J connectivity index is 2.44. The molecule has 0 aliphatic carbocycles.